The van der Waals surface area contributed by atoms with Gasteiger partial charge in [-0.2, -0.15) is 8.78 Å². The SMILES string of the molecule is COc1ccccc1C(NCc1cc([C@@H](Cc2c(Cl)c[n+](O)cc2Cl)c2ccc(OC(F)F)c(OCC3CC3)c2)c(C(=O)[O-])s1)C(=O)O[C@H]1CN2CCC1CC2. The fourth-order valence-corrected chi connectivity index (χ4v) is 9.15. The van der Waals surface area contributed by atoms with Crippen molar-refractivity contribution in [3.63, 3.8) is 0 Å². The highest BCUT2D eigenvalue weighted by molar-refractivity contribution is 7.14. The van der Waals surface area contributed by atoms with Gasteiger partial charge in [-0.3, -0.25) is 15.4 Å². The summed E-state index contributed by atoms with van der Waals surface area (Å²) < 4.78 is 50.1. The van der Waals surface area contributed by atoms with Gasteiger partial charge in [0.05, 0.1) is 24.6 Å². The number of para-hydroxylation sites is 1. The van der Waals surface area contributed by atoms with Crippen LogP contribution < -0.4 is 29.4 Å². The van der Waals surface area contributed by atoms with Crippen LogP contribution in [0, 0.1) is 11.8 Å². The van der Waals surface area contributed by atoms with Gasteiger partial charge in [0.2, 0.25) is 12.4 Å². The van der Waals surface area contributed by atoms with Crippen LogP contribution in [-0.2, 0) is 22.5 Å². The van der Waals surface area contributed by atoms with E-state index >= 15 is 0 Å². The monoisotopic (exact) mass is 831 g/mol. The molecule has 3 aliphatic heterocycles. The molecule has 5 heterocycles. The van der Waals surface area contributed by atoms with Gasteiger partial charge in [-0.25, -0.2) is 4.79 Å². The molecule has 8 rings (SSSR count). The third-order valence-electron chi connectivity index (χ3n) is 10.6. The zero-order valence-corrected chi connectivity index (χ0v) is 32.8. The van der Waals surface area contributed by atoms with E-state index in [1.165, 1.54) is 25.6 Å². The van der Waals surface area contributed by atoms with E-state index in [-0.39, 0.29) is 51.4 Å². The molecule has 2 aromatic heterocycles. The summed E-state index contributed by atoms with van der Waals surface area (Å²) in [5.74, 6) is -1.71. The Morgan fingerprint density at radius 2 is 1.75 bits per heavy atom. The van der Waals surface area contributed by atoms with Crippen LogP contribution in [0.3, 0.4) is 0 Å². The molecule has 1 saturated carbocycles. The highest BCUT2D eigenvalue weighted by Crippen LogP contribution is 2.42. The predicted octanol–water partition coefficient (Wildman–Crippen LogP) is 6.18. The van der Waals surface area contributed by atoms with Crippen LogP contribution in [0.5, 0.6) is 17.2 Å². The first-order chi connectivity index (χ1) is 27.0. The molecular weight excluding hydrogens is 791 g/mol. The van der Waals surface area contributed by atoms with E-state index in [2.05, 4.69) is 10.2 Å². The molecule has 0 radical (unpaired) electrons. The van der Waals surface area contributed by atoms with Gasteiger partial charge in [0.25, 0.3) is 0 Å². The summed E-state index contributed by atoms with van der Waals surface area (Å²) in [5, 5.41) is 26.4. The molecule has 298 valence electrons. The number of alkyl halides is 2. The largest absolute Gasteiger partial charge is 0.544 e. The topological polar surface area (TPSA) is 134 Å². The number of esters is 1. The maximum atomic E-state index is 14.0. The molecule has 1 unspecified atom stereocenters. The highest BCUT2D eigenvalue weighted by Gasteiger charge is 2.38. The van der Waals surface area contributed by atoms with Gasteiger partial charge >= 0.3 is 12.6 Å². The van der Waals surface area contributed by atoms with E-state index in [1.54, 1.807) is 42.5 Å². The number of nitrogens with zero attached hydrogens (tertiary/aromatic N) is 2. The third kappa shape index (κ3) is 9.32. The summed E-state index contributed by atoms with van der Waals surface area (Å²) >= 11 is 14.1. The lowest BCUT2D eigenvalue weighted by atomic mass is 9.85. The number of fused-ring (bicyclic) bond motifs is 3. The molecule has 2 bridgehead atoms. The number of thiophene rings is 1. The second-order valence-corrected chi connectivity index (χ2v) is 16.3. The van der Waals surface area contributed by atoms with E-state index in [4.69, 9.17) is 42.1 Å². The number of halogens is 4. The van der Waals surface area contributed by atoms with Gasteiger partial charge in [-0.1, -0.05) is 47.5 Å². The van der Waals surface area contributed by atoms with Gasteiger partial charge in [0, 0.05) is 39.7 Å². The Morgan fingerprint density at radius 1 is 1.02 bits per heavy atom. The van der Waals surface area contributed by atoms with Gasteiger partial charge in [-0.15, -0.1) is 11.3 Å². The summed E-state index contributed by atoms with van der Waals surface area (Å²) in [4.78, 5) is 29.6. The molecule has 2 N–H and O–H groups in total. The Bertz CT molecular complexity index is 2040. The number of pyridine rings is 1. The number of rotatable bonds is 17. The summed E-state index contributed by atoms with van der Waals surface area (Å²) in [5.41, 5.74) is 1.80. The maximum Gasteiger partial charge on any atom is 0.387 e. The molecule has 4 fully saturated rings. The average Bonchev–Trinajstić information content (AvgIpc) is 3.91. The number of aromatic nitrogens is 1. The third-order valence-corrected chi connectivity index (χ3v) is 12.4. The predicted molar refractivity (Wildman–Crippen MR) is 201 cm³/mol. The molecule has 4 aliphatic rings. The second kappa shape index (κ2) is 17.5. The highest BCUT2D eigenvalue weighted by atomic mass is 35.5. The van der Waals surface area contributed by atoms with Crippen LogP contribution in [0.25, 0.3) is 0 Å². The van der Waals surface area contributed by atoms with Crippen molar-refractivity contribution in [3.05, 3.63) is 103 Å². The number of aromatic carboxylic acids is 1. The number of nitrogens with one attached hydrogen (secondary N) is 1. The van der Waals surface area contributed by atoms with E-state index in [1.807, 2.05) is 0 Å². The molecule has 56 heavy (non-hydrogen) atoms. The molecule has 0 spiro atoms. The Kier molecular flexibility index (Phi) is 12.5. The molecule has 4 aromatic rings. The van der Waals surface area contributed by atoms with Gasteiger partial charge in [0.1, 0.15) is 27.9 Å². The summed E-state index contributed by atoms with van der Waals surface area (Å²) in [6, 6.07) is 12.4. The zero-order chi connectivity index (χ0) is 39.5. The number of carboxylic acids is 1. The van der Waals surface area contributed by atoms with Crippen molar-refractivity contribution in [1.29, 1.82) is 0 Å². The number of carboxylic acid groups (broad SMARTS) is 1. The van der Waals surface area contributed by atoms with Gasteiger partial charge < -0.3 is 28.8 Å². The normalized spacial score (nSPS) is 20.1. The fraction of sp³-hybridized carbons (Fsp3) is 0.425. The number of carbonyl (C=O) groups excluding carboxylic acids is 2. The first-order valence-electron chi connectivity index (χ1n) is 18.4. The maximum absolute atomic E-state index is 14.0. The summed E-state index contributed by atoms with van der Waals surface area (Å²) in [6.07, 6.45) is 6.14. The first kappa shape index (κ1) is 40.0. The number of piperidine rings is 3. The molecular formula is C40H41Cl2F2N3O8S. The van der Waals surface area contributed by atoms with Crippen LogP contribution in [0.4, 0.5) is 8.78 Å². The van der Waals surface area contributed by atoms with Crippen LogP contribution in [0.15, 0.2) is 60.9 Å². The van der Waals surface area contributed by atoms with Crippen LogP contribution in [0.2, 0.25) is 10.0 Å². The van der Waals surface area contributed by atoms with Crippen molar-refractivity contribution in [3.8, 4) is 17.2 Å². The number of ether oxygens (including phenoxy) is 4. The Labute approximate surface area is 336 Å². The van der Waals surface area contributed by atoms with Crippen molar-refractivity contribution >= 4 is 46.5 Å². The summed E-state index contributed by atoms with van der Waals surface area (Å²) in [7, 11) is 1.52. The number of hydrogen-bond donors (Lipinski definition) is 2. The van der Waals surface area contributed by atoms with Crippen LogP contribution in [0.1, 0.15) is 74.4 Å². The molecule has 1 aliphatic carbocycles. The minimum atomic E-state index is -3.10. The molecule has 0 amide bonds. The molecule has 16 heteroatoms. The van der Waals surface area contributed by atoms with Crippen molar-refractivity contribution in [2.45, 2.75) is 63.3 Å². The quantitative estimate of drug-likeness (QED) is 0.0722. The number of hydrogen-bond acceptors (Lipinski definition) is 11. The van der Waals surface area contributed by atoms with E-state index in [9.17, 15) is 28.7 Å². The minimum absolute atomic E-state index is 0.0369. The van der Waals surface area contributed by atoms with E-state index < -0.39 is 30.5 Å². The number of methoxy groups -OCH3 is 1. The zero-order valence-electron chi connectivity index (χ0n) is 30.4. The van der Waals surface area contributed by atoms with Crippen LogP contribution >= 0.6 is 34.5 Å². The van der Waals surface area contributed by atoms with Gasteiger partial charge in [-0.05, 0) is 92.4 Å². The van der Waals surface area contributed by atoms with E-state index in [0.717, 1.165) is 50.1 Å². The van der Waals surface area contributed by atoms with Crippen molar-refractivity contribution in [2.24, 2.45) is 11.8 Å². The van der Waals surface area contributed by atoms with E-state index in [0.29, 0.717) is 56.7 Å². The number of benzene rings is 2. The standard InChI is InChI=1S/C40H41Cl2F2N3O8S/c1-52-32-5-3-2-4-26(32)36(39(50)54-35-20-46-12-10-23(35)11-13-46)45-17-25-15-28(37(56-25)38(48)49)27(16-29-30(41)18-47(51)19-31(29)42)24-8-9-33(55-40(43)44)34(14-24)53-21-22-6-7-22/h2-5,8-9,14-15,18-19,22-23,27,35-36,40,45H,6-7,10-13,16-17,20-21H2,1H3,(H-,48,49,51)/t27-,35-,36?/m0/s1. The Balaban J connectivity index is 1.23. The smallest absolute Gasteiger partial charge is 0.387 e. The molecule has 3 atom stereocenters. The van der Waals surface area contributed by atoms with Crippen LogP contribution in [-0.4, -0.2) is 68.1 Å². The van der Waals surface area contributed by atoms with Crippen molar-refractivity contribution in [1.82, 2.24) is 10.2 Å². The average molecular weight is 833 g/mol. The van der Waals surface area contributed by atoms with Crippen molar-refractivity contribution in [2.75, 3.05) is 33.4 Å². The second-order valence-electron chi connectivity index (χ2n) is 14.4. The van der Waals surface area contributed by atoms with Crippen molar-refractivity contribution < 1.29 is 52.4 Å². The Hall–Kier alpha value is -4.21. The molecule has 11 nitrogen and oxygen atoms in total. The molecule has 2 aromatic carbocycles. The lowest BCUT2D eigenvalue weighted by Crippen LogP contribution is -2.52. The fourth-order valence-electron chi connectivity index (χ4n) is 7.54. The molecule has 3 saturated heterocycles. The number of carbonyl (C=O) groups is 2. The lowest BCUT2D eigenvalue weighted by molar-refractivity contribution is -0.904. The first-order valence-corrected chi connectivity index (χ1v) is 20.0. The Morgan fingerprint density at radius 3 is 2.39 bits per heavy atom. The minimum Gasteiger partial charge on any atom is -0.544 e. The van der Waals surface area contributed by atoms with Gasteiger partial charge in [0.15, 0.2) is 11.5 Å². The lowest BCUT2D eigenvalue weighted by Gasteiger charge is -2.44. The summed E-state index contributed by atoms with van der Waals surface area (Å²) in [6.45, 7) is -0.0884.